The zero-order chi connectivity index (χ0) is 14.5. The summed E-state index contributed by atoms with van der Waals surface area (Å²) >= 11 is 3.45. The van der Waals surface area contributed by atoms with Crippen LogP contribution in [0.15, 0.2) is 40.9 Å². The molecular formula is C16H18BrNO2. The van der Waals surface area contributed by atoms with Gasteiger partial charge >= 0.3 is 0 Å². The van der Waals surface area contributed by atoms with Crippen molar-refractivity contribution in [2.45, 2.75) is 26.3 Å². The van der Waals surface area contributed by atoms with E-state index in [9.17, 15) is 4.79 Å². The van der Waals surface area contributed by atoms with Gasteiger partial charge in [0.2, 0.25) is 0 Å². The number of hydrogen-bond acceptors (Lipinski definition) is 2. The first kappa shape index (κ1) is 14.9. The normalized spacial score (nSPS) is 12.2. The molecule has 3 nitrogen and oxygen atoms in total. The van der Waals surface area contributed by atoms with E-state index in [1.807, 2.05) is 44.2 Å². The summed E-state index contributed by atoms with van der Waals surface area (Å²) in [6.07, 6.45) is 0.913. The number of nitrogens with one attached hydrogen (secondary N) is 1. The van der Waals surface area contributed by atoms with Crippen molar-refractivity contribution in [2.75, 3.05) is 6.61 Å². The van der Waals surface area contributed by atoms with Crippen molar-refractivity contribution >= 4 is 32.6 Å². The minimum Gasteiger partial charge on any atom is -0.484 e. The molecule has 0 saturated heterocycles. The highest BCUT2D eigenvalue weighted by Gasteiger charge is 2.06. The third-order valence-electron chi connectivity index (χ3n) is 3.16. The van der Waals surface area contributed by atoms with E-state index in [1.165, 1.54) is 0 Å². The monoisotopic (exact) mass is 335 g/mol. The van der Waals surface area contributed by atoms with Gasteiger partial charge in [0.25, 0.3) is 5.91 Å². The summed E-state index contributed by atoms with van der Waals surface area (Å²) < 4.78 is 6.58. The van der Waals surface area contributed by atoms with Crippen LogP contribution in [-0.4, -0.2) is 18.6 Å². The maximum Gasteiger partial charge on any atom is 0.258 e. The summed E-state index contributed by atoms with van der Waals surface area (Å²) in [4.78, 5) is 11.7. The van der Waals surface area contributed by atoms with Crippen molar-refractivity contribution in [1.29, 1.82) is 0 Å². The van der Waals surface area contributed by atoms with E-state index in [4.69, 9.17) is 4.74 Å². The molecule has 2 aromatic carbocycles. The molecule has 20 heavy (non-hydrogen) atoms. The fraction of sp³-hybridized carbons (Fsp3) is 0.312. The summed E-state index contributed by atoms with van der Waals surface area (Å²) in [6.45, 7) is 4.06. The van der Waals surface area contributed by atoms with Crippen LogP contribution in [0.25, 0.3) is 10.8 Å². The standard InChI is InChI=1S/C16H18BrNO2/c1-3-11(2)18-16(19)10-20-15-7-5-12-8-14(17)6-4-13(12)9-15/h4-9,11H,3,10H2,1-2H3,(H,18,19). The molecule has 1 atom stereocenters. The molecule has 0 aliphatic heterocycles. The van der Waals surface area contributed by atoms with E-state index in [2.05, 4.69) is 27.3 Å². The highest BCUT2D eigenvalue weighted by molar-refractivity contribution is 9.10. The number of halogens is 1. The Hall–Kier alpha value is -1.55. The molecule has 0 aromatic heterocycles. The Balaban J connectivity index is 2.00. The van der Waals surface area contributed by atoms with Crippen LogP contribution >= 0.6 is 15.9 Å². The number of carbonyl (C=O) groups excluding carboxylic acids is 1. The van der Waals surface area contributed by atoms with Crippen LogP contribution in [0.2, 0.25) is 0 Å². The number of hydrogen-bond donors (Lipinski definition) is 1. The summed E-state index contributed by atoms with van der Waals surface area (Å²) in [5, 5.41) is 5.10. The summed E-state index contributed by atoms with van der Waals surface area (Å²) in [5.41, 5.74) is 0. The van der Waals surface area contributed by atoms with Crippen LogP contribution in [-0.2, 0) is 4.79 Å². The molecule has 0 aliphatic rings. The van der Waals surface area contributed by atoms with Gasteiger partial charge in [-0.15, -0.1) is 0 Å². The second-order valence-electron chi connectivity index (χ2n) is 4.82. The van der Waals surface area contributed by atoms with Crippen LogP contribution < -0.4 is 10.1 Å². The van der Waals surface area contributed by atoms with Crippen LogP contribution in [0.5, 0.6) is 5.75 Å². The van der Waals surface area contributed by atoms with Crippen LogP contribution in [0, 0.1) is 0 Å². The van der Waals surface area contributed by atoms with Crippen molar-refractivity contribution in [2.24, 2.45) is 0 Å². The number of fused-ring (bicyclic) bond motifs is 1. The number of benzene rings is 2. The Labute approximate surface area is 127 Å². The van der Waals surface area contributed by atoms with Crippen molar-refractivity contribution in [3.8, 4) is 5.75 Å². The fourth-order valence-electron chi connectivity index (χ4n) is 1.85. The molecule has 106 valence electrons. The molecule has 2 rings (SSSR count). The van der Waals surface area contributed by atoms with Gasteiger partial charge in [-0.05, 0) is 48.4 Å². The second kappa shape index (κ2) is 6.75. The molecule has 1 unspecified atom stereocenters. The zero-order valence-corrected chi connectivity index (χ0v) is 13.2. The summed E-state index contributed by atoms with van der Waals surface area (Å²) in [5.74, 6) is 0.620. The molecule has 2 aromatic rings. The van der Waals surface area contributed by atoms with Gasteiger partial charge in [0, 0.05) is 10.5 Å². The lowest BCUT2D eigenvalue weighted by atomic mass is 10.1. The van der Waals surface area contributed by atoms with Gasteiger partial charge in [0.05, 0.1) is 0 Å². The number of ether oxygens (including phenoxy) is 1. The number of carbonyl (C=O) groups is 1. The molecule has 0 heterocycles. The van der Waals surface area contributed by atoms with E-state index in [0.29, 0.717) is 5.75 Å². The second-order valence-corrected chi connectivity index (χ2v) is 5.73. The van der Waals surface area contributed by atoms with Crippen molar-refractivity contribution in [3.05, 3.63) is 40.9 Å². The first-order chi connectivity index (χ1) is 9.58. The van der Waals surface area contributed by atoms with E-state index >= 15 is 0 Å². The lowest BCUT2D eigenvalue weighted by Crippen LogP contribution is -2.35. The Morgan fingerprint density at radius 3 is 2.70 bits per heavy atom. The van der Waals surface area contributed by atoms with E-state index in [0.717, 1.165) is 21.7 Å². The summed E-state index contributed by atoms with van der Waals surface area (Å²) in [6, 6.07) is 12.0. The highest BCUT2D eigenvalue weighted by atomic mass is 79.9. The molecule has 0 radical (unpaired) electrons. The smallest absolute Gasteiger partial charge is 0.258 e. The van der Waals surface area contributed by atoms with Gasteiger partial charge < -0.3 is 10.1 Å². The lowest BCUT2D eigenvalue weighted by molar-refractivity contribution is -0.123. The van der Waals surface area contributed by atoms with E-state index in [1.54, 1.807) is 0 Å². The Kier molecular flexibility index (Phi) is 5.01. The molecule has 4 heteroatoms. The third kappa shape index (κ3) is 3.97. The Bertz CT molecular complexity index is 612. The maximum absolute atomic E-state index is 11.7. The molecule has 0 bridgehead atoms. The van der Waals surface area contributed by atoms with E-state index < -0.39 is 0 Å². The van der Waals surface area contributed by atoms with Gasteiger partial charge in [-0.2, -0.15) is 0 Å². The van der Waals surface area contributed by atoms with E-state index in [-0.39, 0.29) is 18.6 Å². The fourth-order valence-corrected chi connectivity index (χ4v) is 2.23. The minimum absolute atomic E-state index is 0.0480. The maximum atomic E-state index is 11.7. The third-order valence-corrected chi connectivity index (χ3v) is 3.66. The predicted molar refractivity (Wildman–Crippen MR) is 85.0 cm³/mol. The molecule has 0 saturated carbocycles. The average Bonchev–Trinajstić information content (AvgIpc) is 2.44. The average molecular weight is 336 g/mol. The van der Waals surface area contributed by atoms with Crippen molar-refractivity contribution in [3.63, 3.8) is 0 Å². The van der Waals surface area contributed by atoms with Gasteiger partial charge in [-0.1, -0.05) is 35.0 Å². The number of amides is 1. The van der Waals surface area contributed by atoms with Gasteiger partial charge in [0.15, 0.2) is 6.61 Å². The molecule has 1 amide bonds. The Morgan fingerprint density at radius 1 is 1.25 bits per heavy atom. The Morgan fingerprint density at radius 2 is 1.95 bits per heavy atom. The van der Waals surface area contributed by atoms with Crippen LogP contribution in [0.4, 0.5) is 0 Å². The first-order valence-electron chi connectivity index (χ1n) is 6.70. The predicted octanol–water partition coefficient (Wildman–Crippen LogP) is 3.90. The molecule has 0 aliphatic carbocycles. The molecule has 0 spiro atoms. The largest absolute Gasteiger partial charge is 0.484 e. The quantitative estimate of drug-likeness (QED) is 0.899. The number of rotatable bonds is 5. The zero-order valence-electron chi connectivity index (χ0n) is 11.7. The van der Waals surface area contributed by atoms with Gasteiger partial charge in [-0.3, -0.25) is 4.79 Å². The molecule has 1 N–H and O–H groups in total. The van der Waals surface area contributed by atoms with Crippen molar-refractivity contribution < 1.29 is 9.53 Å². The molecule has 0 fully saturated rings. The van der Waals surface area contributed by atoms with Gasteiger partial charge in [0.1, 0.15) is 5.75 Å². The summed E-state index contributed by atoms with van der Waals surface area (Å²) in [7, 11) is 0. The van der Waals surface area contributed by atoms with Crippen LogP contribution in [0.3, 0.4) is 0 Å². The molecular weight excluding hydrogens is 318 g/mol. The van der Waals surface area contributed by atoms with Crippen LogP contribution in [0.1, 0.15) is 20.3 Å². The first-order valence-corrected chi connectivity index (χ1v) is 7.49. The SMILES string of the molecule is CCC(C)NC(=O)COc1ccc2cc(Br)ccc2c1. The minimum atomic E-state index is -0.0877. The lowest BCUT2D eigenvalue weighted by Gasteiger charge is -2.12. The van der Waals surface area contributed by atoms with Gasteiger partial charge in [-0.25, -0.2) is 0 Å². The topological polar surface area (TPSA) is 38.3 Å². The highest BCUT2D eigenvalue weighted by Crippen LogP contribution is 2.24. The van der Waals surface area contributed by atoms with Crippen molar-refractivity contribution in [1.82, 2.24) is 5.32 Å².